The summed E-state index contributed by atoms with van der Waals surface area (Å²) >= 11 is 6.59. The summed E-state index contributed by atoms with van der Waals surface area (Å²) in [5.41, 5.74) is 4.48. The molecule has 1 saturated heterocycles. The Bertz CT molecular complexity index is 1180. The number of hydrogen-bond acceptors (Lipinski definition) is 5. The van der Waals surface area contributed by atoms with Gasteiger partial charge in [-0.1, -0.05) is 35.9 Å². The number of piperazine rings is 1. The Morgan fingerprint density at radius 2 is 1.72 bits per heavy atom. The lowest BCUT2D eigenvalue weighted by Crippen LogP contribution is -2.48. The Kier molecular flexibility index (Phi) is 6.61. The summed E-state index contributed by atoms with van der Waals surface area (Å²) in [7, 11) is 1.67. The molecular weight excluding hydrogens is 420 g/mol. The van der Waals surface area contributed by atoms with Gasteiger partial charge < -0.3 is 9.64 Å². The first-order chi connectivity index (χ1) is 15.6. The quantitative estimate of drug-likeness (QED) is 0.546. The maximum absolute atomic E-state index is 9.20. The first-order valence-electron chi connectivity index (χ1n) is 10.4. The van der Waals surface area contributed by atoms with Crippen molar-refractivity contribution < 1.29 is 4.74 Å². The molecule has 1 aliphatic heterocycles. The molecule has 160 valence electrons. The van der Waals surface area contributed by atoms with E-state index in [1.54, 1.807) is 13.2 Å². The highest BCUT2D eigenvalue weighted by Gasteiger charge is 2.30. The minimum absolute atomic E-state index is 0.0719. The topological polar surface area (TPSA) is 63.3 Å². The van der Waals surface area contributed by atoms with E-state index in [0.717, 1.165) is 43.2 Å². The van der Waals surface area contributed by atoms with Gasteiger partial charge in [0.2, 0.25) is 0 Å². The Balaban J connectivity index is 1.63. The molecule has 0 unspecified atom stereocenters. The normalized spacial score (nSPS) is 16.2. The van der Waals surface area contributed by atoms with Crippen molar-refractivity contribution >= 4 is 17.3 Å². The smallest absolute Gasteiger partial charge is 0.119 e. The zero-order valence-electron chi connectivity index (χ0n) is 17.8. The van der Waals surface area contributed by atoms with Crippen LogP contribution in [-0.2, 0) is 6.54 Å². The summed E-state index contributed by atoms with van der Waals surface area (Å²) in [6.45, 7) is 3.28. The first-order valence-corrected chi connectivity index (χ1v) is 10.8. The largest absolute Gasteiger partial charge is 0.497 e. The van der Waals surface area contributed by atoms with Gasteiger partial charge in [-0.05, 0) is 53.6 Å². The third kappa shape index (κ3) is 4.70. The maximum Gasteiger partial charge on any atom is 0.119 e. The van der Waals surface area contributed by atoms with Gasteiger partial charge in [0.15, 0.2) is 0 Å². The second-order valence-electron chi connectivity index (χ2n) is 7.81. The molecule has 0 radical (unpaired) electrons. The second kappa shape index (κ2) is 9.75. The van der Waals surface area contributed by atoms with E-state index in [0.29, 0.717) is 16.1 Å². The van der Waals surface area contributed by atoms with E-state index in [1.807, 2.05) is 48.5 Å². The Morgan fingerprint density at radius 1 is 0.969 bits per heavy atom. The van der Waals surface area contributed by atoms with Crippen LogP contribution >= 0.6 is 11.6 Å². The number of ether oxygens (including phenoxy) is 1. The monoisotopic (exact) mass is 442 g/mol. The molecule has 0 spiro atoms. The van der Waals surface area contributed by atoms with Crippen molar-refractivity contribution in [1.82, 2.24) is 4.90 Å². The average Bonchev–Trinajstić information content (AvgIpc) is 2.84. The van der Waals surface area contributed by atoms with Crippen LogP contribution in [0.5, 0.6) is 5.75 Å². The standard InChI is InChI=1S/C26H23ClN4O/c1-32-23-4-2-3-22(14-23)26-18-30(17-20-7-5-19(15-28)6-8-20)11-12-31(26)25-10-9-21(16-29)13-24(25)27/h2-10,13-14,26H,11-12,17-18H2,1H3/t26-/m0/s1. The first kappa shape index (κ1) is 21.7. The van der Waals surface area contributed by atoms with Gasteiger partial charge in [0.05, 0.1) is 47.1 Å². The predicted molar refractivity (Wildman–Crippen MR) is 126 cm³/mol. The van der Waals surface area contributed by atoms with Crippen LogP contribution in [0.2, 0.25) is 5.02 Å². The van der Waals surface area contributed by atoms with E-state index in [2.05, 4.69) is 34.1 Å². The minimum Gasteiger partial charge on any atom is -0.497 e. The van der Waals surface area contributed by atoms with Crippen LogP contribution in [0, 0.1) is 22.7 Å². The van der Waals surface area contributed by atoms with Gasteiger partial charge in [-0.15, -0.1) is 0 Å². The van der Waals surface area contributed by atoms with E-state index >= 15 is 0 Å². The van der Waals surface area contributed by atoms with E-state index < -0.39 is 0 Å². The summed E-state index contributed by atoms with van der Waals surface area (Å²) in [6, 6.07) is 25.8. The van der Waals surface area contributed by atoms with Crippen molar-refractivity contribution in [2.24, 2.45) is 0 Å². The summed E-state index contributed by atoms with van der Waals surface area (Å²) in [5.74, 6) is 0.817. The van der Waals surface area contributed by atoms with Crippen LogP contribution in [-0.4, -0.2) is 31.6 Å². The molecule has 4 rings (SSSR count). The zero-order chi connectivity index (χ0) is 22.5. The number of halogens is 1. The van der Waals surface area contributed by atoms with Gasteiger partial charge in [-0.2, -0.15) is 10.5 Å². The number of methoxy groups -OCH3 is 1. The average molecular weight is 443 g/mol. The molecule has 3 aromatic rings. The molecule has 0 amide bonds. The predicted octanol–water partition coefficient (Wildman–Crippen LogP) is 5.16. The lowest BCUT2D eigenvalue weighted by Gasteiger charge is -2.43. The highest BCUT2D eigenvalue weighted by atomic mass is 35.5. The fourth-order valence-electron chi connectivity index (χ4n) is 4.16. The Morgan fingerprint density at radius 3 is 2.41 bits per heavy atom. The van der Waals surface area contributed by atoms with E-state index in [9.17, 15) is 5.26 Å². The number of anilines is 1. The van der Waals surface area contributed by atoms with Crippen LogP contribution in [0.4, 0.5) is 5.69 Å². The molecule has 1 heterocycles. The van der Waals surface area contributed by atoms with Crippen molar-refractivity contribution in [3.05, 3.63) is 94.0 Å². The zero-order valence-corrected chi connectivity index (χ0v) is 18.6. The molecule has 3 aromatic carbocycles. The third-order valence-corrected chi connectivity index (χ3v) is 6.12. The lowest BCUT2D eigenvalue weighted by molar-refractivity contribution is 0.215. The van der Waals surface area contributed by atoms with Crippen molar-refractivity contribution in [3.63, 3.8) is 0 Å². The van der Waals surface area contributed by atoms with Crippen LogP contribution in [0.15, 0.2) is 66.7 Å². The molecule has 1 fully saturated rings. The Hall–Kier alpha value is -3.51. The fourth-order valence-corrected chi connectivity index (χ4v) is 4.45. The van der Waals surface area contributed by atoms with Gasteiger partial charge in [0.25, 0.3) is 0 Å². The number of benzene rings is 3. The van der Waals surface area contributed by atoms with Gasteiger partial charge in [-0.25, -0.2) is 0 Å². The van der Waals surface area contributed by atoms with Gasteiger partial charge >= 0.3 is 0 Å². The summed E-state index contributed by atoms with van der Waals surface area (Å²) in [6.07, 6.45) is 0. The van der Waals surface area contributed by atoms with Crippen LogP contribution < -0.4 is 9.64 Å². The number of hydrogen-bond donors (Lipinski definition) is 0. The van der Waals surface area contributed by atoms with Crippen LogP contribution in [0.1, 0.15) is 28.3 Å². The van der Waals surface area contributed by atoms with Gasteiger partial charge in [-0.3, -0.25) is 4.90 Å². The van der Waals surface area contributed by atoms with Crippen molar-refractivity contribution in [3.8, 4) is 17.9 Å². The molecule has 1 aliphatic rings. The van der Waals surface area contributed by atoms with Crippen molar-refractivity contribution in [2.75, 3.05) is 31.6 Å². The maximum atomic E-state index is 9.20. The minimum atomic E-state index is 0.0719. The van der Waals surface area contributed by atoms with Gasteiger partial charge in [0, 0.05) is 26.2 Å². The van der Waals surface area contributed by atoms with Gasteiger partial charge in [0.1, 0.15) is 5.75 Å². The number of nitriles is 2. The molecule has 6 heteroatoms. The van der Waals surface area contributed by atoms with E-state index in [-0.39, 0.29) is 6.04 Å². The second-order valence-corrected chi connectivity index (χ2v) is 8.21. The molecule has 32 heavy (non-hydrogen) atoms. The van der Waals surface area contributed by atoms with E-state index in [1.165, 1.54) is 5.56 Å². The third-order valence-electron chi connectivity index (χ3n) is 5.82. The lowest BCUT2D eigenvalue weighted by atomic mass is 10.00. The molecule has 0 bridgehead atoms. The van der Waals surface area contributed by atoms with Crippen molar-refractivity contribution in [1.29, 1.82) is 10.5 Å². The molecule has 0 saturated carbocycles. The molecule has 0 aromatic heterocycles. The highest BCUT2D eigenvalue weighted by molar-refractivity contribution is 6.33. The summed E-state index contributed by atoms with van der Waals surface area (Å²) in [4.78, 5) is 4.73. The van der Waals surface area contributed by atoms with Crippen LogP contribution in [0.25, 0.3) is 0 Å². The molecule has 5 nitrogen and oxygen atoms in total. The molecule has 0 N–H and O–H groups in total. The SMILES string of the molecule is COc1cccc([C@@H]2CN(Cc3ccc(C#N)cc3)CCN2c2ccc(C#N)cc2Cl)c1. The van der Waals surface area contributed by atoms with Crippen LogP contribution in [0.3, 0.4) is 0 Å². The van der Waals surface area contributed by atoms with E-state index in [4.69, 9.17) is 21.6 Å². The molecular formula is C26H23ClN4O. The fraction of sp³-hybridized carbons (Fsp3) is 0.231. The number of nitrogens with zero attached hydrogens (tertiary/aromatic N) is 4. The Labute approximate surface area is 193 Å². The molecule has 1 atom stereocenters. The van der Waals surface area contributed by atoms with Crippen molar-refractivity contribution in [2.45, 2.75) is 12.6 Å². The summed E-state index contributed by atoms with van der Waals surface area (Å²) < 4.78 is 5.46. The summed E-state index contributed by atoms with van der Waals surface area (Å²) in [5, 5.41) is 18.8. The highest BCUT2D eigenvalue weighted by Crippen LogP contribution is 2.36. The molecule has 0 aliphatic carbocycles. The number of rotatable bonds is 5.